The molecule has 3 heterocycles. The first-order valence-electron chi connectivity index (χ1n) is 7.43. The Kier molecular flexibility index (Phi) is 4.07. The summed E-state index contributed by atoms with van der Waals surface area (Å²) in [7, 11) is 1.78. The van der Waals surface area contributed by atoms with Gasteiger partial charge < -0.3 is 14.7 Å². The first-order chi connectivity index (χ1) is 10.2. The predicted molar refractivity (Wildman–Crippen MR) is 77.8 cm³/mol. The molecule has 6 heteroatoms. The number of fused-ring (bicyclic) bond motifs is 1. The van der Waals surface area contributed by atoms with Crippen LogP contribution >= 0.6 is 0 Å². The zero-order valence-corrected chi connectivity index (χ0v) is 12.2. The number of carbonyl (C=O) groups is 1. The van der Waals surface area contributed by atoms with Crippen molar-refractivity contribution in [1.29, 1.82) is 0 Å². The van der Waals surface area contributed by atoms with Crippen molar-refractivity contribution in [3.63, 3.8) is 0 Å². The van der Waals surface area contributed by atoms with Crippen molar-refractivity contribution in [2.75, 3.05) is 31.7 Å². The van der Waals surface area contributed by atoms with Crippen molar-refractivity contribution >= 4 is 11.6 Å². The summed E-state index contributed by atoms with van der Waals surface area (Å²) in [6.07, 6.45) is 3.64. The normalized spacial score (nSPS) is 23.3. The molecular formula is C15H21N3O3. The van der Waals surface area contributed by atoms with Crippen LogP contribution in [-0.4, -0.2) is 54.1 Å². The van der Waals surface area contributed by atoms with Crippen molar-refractivity contribution in [2.24, 2.45) is 5.92 Å². The molecule has 1 unspecified atom stereocenters. The van der Waals surface area contributed by atoms with Gasteiger partial charge in [-0.2, -0.15) is 0 Å². The number of ether oxygens (including phenoxy) is 1. The second-order valence-corrected chi connectivity index (χ2v) is 5.67. The molecule has 0 aromatic carbocycles. The fraction of sp³-hybridized carbons (Fsp3) is 0.600. The monoisotopic (exact) mass is 291 g/mol. The zero-order chi connectivity index (χ0) is 14.8. The van der Waals surface area contributed by atoms with E-state index in [4.69, 9.17) is 4.74 Å². The predicted octanol–water partition coefficient (Wildman–Crippen LogP) is 1.07. The van der Waals surface area contributed by atoms with E-state index in [9.17, 15) is 9.90 Å². The maximum absolute atomic E-state index is 12.5. The Morgan fingerprint density at radius 2 is 2.19 bits per heavy atom. The Balaban J connectivity index is 1.72. The molecule has 0 radical (unpaired) electrons. The lowest BCUT2D eigenvalue weighted by Crippen LogP contribution is -2.54. The van der Waals surface area contributed by atoms with E-state index >= 15 is 0 Å². The molecular weight excluding hydrogens is 270 g/mol. The van der Waals surface area contributed by atoms with Crippen molar-refractivity contribution in [3.8, 4) is 0 Å². The number of aliphatic hydroxyl groups is 1. The van der Waals surface area contributed by atoms with E-state index in [-0.39, 0.29) is 5.91 Å². The average molecular weight is 291 g/mol. The summed E-state index contributed by atoms with van der Waals surface area (Å²) >= 11 is 0. The number of carbonyl (C=O) groups excluding carboxylic acids is 1. The molecule has 3 rings (SSSR count). The maximum Gasteiger partial charge on any atom is 0.278 e. The van der Waals surface area contributed by atoms with Crippen molar-refractivity contribution in [1.82, 2.24) is 9.88 Å². The van der Waals surface area contributed by atoms with Crippen LogP contribution < -0.4 is 4.90 Å². The van der Waals surface area contributed by atoms with Gasteiger partial charge >= 0.3 is 0 Å². The first kappa shape index (κ1) is 14.3. The van der Waals surface area contributed by atoms with E-state index < -0.39 is 6.35 Å². The number of hydrogen-bond donors (Lipinski definition) is 1. The highest BCUT2D eigenvalue weighted by molar-refractivity contribution is 5.99. The van der Waals surface area contributed by atoms with E-state index in [1.165, 1.54) is 4.90 Å². The highest BCUT2D eigenvalue weighted by atomic mass is 16.5. The second-order valence-electron chi connectivity index (χ2n) is 5.67. The molecule has 21 heavy (non-hydrogen) atoms. The lowest BCUT2D eigenvalue weighted by molar-refractivity contribution is -0.00242. The molecule has 1 amide bonds. The van der Waals surface area contributed by atoms with E-state index in [1.54, 1.807) is 30.3 Å². The first-order valence-corrected chi connectivity index (χ1v) is 7.43. The fourth-order valence-electron chi connectivity index (χ4n) is 2.99. The molecule has 0 aliphatic carbocycles. The number of amides is 1. The molecule has 0 saturated carbocycles. The summed E-state index contributed by atoms with van der Waals surface area (Å²) < 4.78 is 5.35. The number of aromatic nitrogens is 1. The topological polar surface area (TPSA) is 65.9 Å². The molecule has 114 valence electrons. The highest BCUT2D eigenvalue weighted by Crippen LogP contribution is 2.28. The molecule has 1 saturated heterocycles. The van der Waals surface area contributed by atoms with Crippen molar-refractivity contribution in [2.45, 2.75) is 25.6 Å². The van der Waals surface area contributed by atoms with Crippen molar-refractivity contribution in [3.05, 3.63) is 24.0 Å². The van der Waals surface area contributed by atoms with Crippen LogP contribution in [0.15, 0.2) is 18.3 Å². The molecule has 1 aromatic heterocycles. The van der Waals surface area contributed by atoms with Gasteiger partial charge in [-0.15, -0.1) is 0 Å². The molecule has 1 atom stereocenters. The minimum atomic E-state index is -0.922. The molecule has 0 spiro atoms. The minimum absolute atomic E-state index is 0.191. The number of anilines is 1. The Hall–Kier alpha value is -1.66. The van der Waals surface area contributed by atoms with Gasteiger partial charge in [-0.25, -0.2) is 4.98 Å². The summed E-state index contributed by atoms with van der Waals surface area (Å²) in [5.74, 6) is 0.373. The Morgan fingerprint density at radius 1 is 1.43 bits per heavy atom. The van der Waals surface area contributed by atoms with E-state index in [2.05, 4.69) is 4.98 Å². The van der Waals surface area contributed by atoms with Gasteiger partial charge in [-0.05, 0) is 37.3 Å². The van der Waals surface area contributed by atoms with Crippen LogP contribution in [0.2, 0.25) is 0 Å². The fourth-order valence-corrected chi connectivity index (χ4v) is 2.99. The van der Waals surface area contributed by atoms with Gasteiger partial charge in [0.15, 0.2) is 5.69 Å². The van der Waals surface area contributed by atoms with Gasteiger partial charge in [0.05, 0.1) is 5.69 Å². The minimum Gasteiger partial charge on any atom is -0.381 e. The molecule has 1 N–H and O–H groups in total. The van der Waals surface area contributed by atoms with E-state index in [0.717, 1.165) is 32.5 Å². The zero-order valence-electron chi connectivity index (χ0n) is 12.2. The lowest BCUT2D eigenvalue weighted by Gasteiger charge is -2.40. The molecule has 2 aliphatic rings. The van der Waals surface area contributed by atoms with E-state index in [1.807, 2.05) is 0 Å². The number of aliphatic hydroxyl groups excluding tert-OH is 1. The Labute approximate surface area is 124 Å². The highest BCUT2D eigenvalue weighted by Gasteiger charge is 2.35. The van der Waals surface area contributed by atoms with Crippen LogP contribution in [0.1, 0.15) is 29.8 Å². The van der Waals surface area contributed by atoms with Gasteiger partial charge in [0.1, 0.15) is 0 Å². The van der Waals surface area contributed by atoms with Gasteiger partial charge in [-0.3, -0.25) is 9.69 Å². The molecule has 1 aromatic rings. The average Bonchev–Trinajstić information content (AvgIpc) is 2.54. The Bertz CT molecular complexity index is 517. The van der Waals surface area contributed by atoms with Gasteiger partial charge in [0.25, 0.3) is 5.91 Å². The lowest BCUT2D eigenvalue weighted by atomic mass is 9.96. The second kappa shape index (κ2) is 5.99. The Morgan fingerprint density at radius 3 is 2.95 bits per heavy atom. The molecule has 0 bridgehead atoms. The largest absolute Gasteiger partial charge is 0.381 e. The summed E-state index contributed by atoms with van der Waals surface area (Å²) in [6, 6.07) is 3.58. The quantitative estimate of drug-likeness (QED) is 0.902. The third-order valence-corrected chi connectivity index (χ3v) is 4.37. The maximum atomic E-state index is 12.5. The number of nitrogens with zero attached hydrogens (tertiary/aromatic N) is 3. The van der Waals surface area contributed by atoms with Gasteiger partial charge in [0.2, 0.25) is 6.35 Å². The smallest absolute Gasteiger partial charge is 0.278 e. The van der Waals surface area contributed by atoms with Gasteiger partial charge in [0, 0.05) is 33.0 Å². The van der Waals surface area contributed by atoms with Crippen LogP contribution in [0.25, 0.3) is 0 Å². The number of rotatable bonds is 3. The van der Waals surface area contributed by atoms with Crippen LogP contribution in [0.4, 0.5) is 5.69 Å². The van der Waals surface area contributed by atoms with Crippen LogP contribution in [0.5, 0.6) is 0 Å². The third kappa shape index (κ3) is 2.73. The van der Waals surface area contributed by atoms with Crippen LogP contribution in [0.3, 0.4) is 0 Å². The standard InChI is InChI=1S/C15H21N3O3/c1-17-12-3-2-7-16-13(12)14(19)18(15(17)20)8-4-11-5-9-21-10-6-11/h2-3,7,11,15,20H,4-6,8-10H2,1H3. The summed E-state index contributed by atoms with van der Waals surface area (Å²) in [4.78, 5) is 19.9. The third-order valence-electron chi connectivity index (χ3n) is 4.37. The summed E-state index contributed by atoms with van der Waals surface area (Å²) in [5.41, 5.74) is 1.09. The summed E-state index contributed by atoms with van der Waals surface area (Å²) in [5, 5.41) is 10.4. The molecule has 1 fully saturated rings. The van der Waals surface area contributed by atoms with Crippen LogP contribution in [-0.2, 0) is 4.74 Å². The molecule has 2 aliphatic heterocycles. The number of hydrogen-bond acceptors (Lipinski definition) is 5. The van der Waals surface area contributed by atoms with Gasteiger partial charge in [-0.1, -0.05) is 0 Å². The SMILES string of the molecule is CN1c2cccnc2C(=O)N(CCC2CCOCC2)C1O. The molecule has 6 nitrogen and oxygen atoms in total. The number of pyridine rings is 1. The van der Waals surface area contributed by atoms with Crippen molar-refractivity contribution < 1.29 is 14.6 Å². The van der Waals surface area contributed by atoms with E-state index in [0.29, 0.717) is 23.8 Å². The van der Waals surface area contributed by atoms with Crippen LogP contribution in [0, 0.1) is 5.92 Å². The summed E-state index contributed by atoms with van der Waals surface area (Å²) in [6.45, 7) is 2.14.